The standard InChI is InChI=1S/C7H6N2.C3H3NS/c1-2-4-7-6(3-1)5-8-9-7;1-2-5-3-4-1/h1-5H,(H,8,9);1-3H. The fraction of sp³-hybridized carbons (Fsp3) is 0. The highest BCUT2D eigenvalue weighted by Gasteiger charge is 1.88. The molecule has 1 aromatic carbocycles. The van der Waals surface area contributed by atoms with Gasteiger partial charge in [-0.25, -0.2) is 0 Å². The van der Waals surface area contributed by atoms with Crippen LogP contribution in [0.25, 0.3) is 10.9 Å². The maximum Gasteiger partial charge on any atom is 0.0791 e. The first-order valence-electron chi connectivity index (χ1n) is 4.17. The lowest BCUT2D eigenvalue weighted by Gasteiger charge is -1.81. The van der Waals surface area contributed by atoms with Crippen molar-refractivity contribution in [2.24, 2.45) is 0 Å². The Morgan fingerprint density at radius 3 is 2.79 bits per heavy atom. The second-order valence-electron chi connectivity index (χ2n) is 2.63. The van der Waals surface area contributed by atoms with Gasteiger partial charge < -0.3 is 0 Å². The van der Waals surface area contributed by atoms with Crippen molar-refractivity contribution in [2.75, 3.05) is 0 Å². The number of rotatable bonds is 0. The molecular formula is C10H9N3S. The molecule has 0 unspecified atom stereocenters. The number of aromatic amines is 1. The molecule has 0 saturated carbocycles. The maximum atomic E-state index is 3.88. The fourth-order valence-electron chi connectivity index (χ4n) is 1.06. The Morgan fingerprint density at radius 2 is 2.14 bits per heavy atom. The van der Waals surface area contributed by atoms with Gasteiger partial charge >= 0.3 is 0 Å². The molecule has 70 valence electrons. The molecule has 0 fully saturated rings. The Labute approximate surface area is 85.4 Å². The van der Waals surface area contributed by atoms with Gasteiger partial charge in [-0.3, -0.25) is 10.1 Å². The fourth-order valence-corrected chi connectivity index (χ4v) is 1.41. The van der Waals surface area contributed by atoms with Crippen molar-refractivity contribution in [1.82, 2.24) is 15.2 Å². The molecule has 0 aliphatic carbocycles. The second kappa shape index (κ2) is 4.53. The van der Waals surface area contributed by atoms with Gasteiger partial charge in [-0.1, -0.05) is 18.2 Å². The average Bonchev–Trinajstić information content (AvgIpc) is 2.92. The maximum absolute atomic E-state index is 3.88. The summed E-state index contributed by atoms with van der Waals surface area (Å²) in [5.41, 5.74) is 2.89. The van der Waals surface area contributed by atoms with Gasteiger partial charge in [0.05, 0.1) is 17.2 Å². The van der Waals surface area contributed by atoms with Gasteiger partial charge in [-0.2, -0.15) is 5.10 Å². The summed E-state index contributed by atoms with van der Waals surface area (Å²) < 4.78 is 0. The van der Waals surface area contributed by atoms with Crippen LogP contribution in [0.2, 0.25) is 0 Å². The molecule has 4 heteroatoms. The average molecular weight is 203 g/mol. The third-order valence-electron chi connectivity index (χ3n) is 1.70. The number of hydrogen-bond donors (Lipinski definition) is 1. The zero-order chi connectivity index (χ0) is 9.64. The van der Waals surface area contributed by atoms with Crippen LogP contribution in [0.3, 0.4) is 0 Å². The predicted molar refractivity (Wildman–Crippen MR) is 58.2 cm³/mol. The molecule has 2 aromatic heterocycles. The van der Waals surface area contributed by atoms with Crippen LogP contribution in [-0.2, 0) is 0 Å². The van der Waals surface area contributed by atoms with E-state index >= 15 is 0 Å². The normalized spacial score (nSPS) is 9.43. The molecule has 3 rings (SSSR count). The number of nitrogens with zero attached hydrogens (tertiary/aromatic N) is 2. The van der Waals surface area contributed by atoms with Gasteiger partial charge in [0.25, 0.3) is 0 Å². The minimum absolute atomic E-state index is 1.09. The van der Waals surface area contributed by atoms with E-state index < -0.39 is 0 Å². The number of H-pyrrole nitrogens is 1. The Kier molecular flexibility index (Phi) is 2.88. The van der Waals surface area contributed by atoms with Crippen molar-refractivity contribution < 1.29 is 0 Å². The minimum Gasteiger partial charge on any atom is -0.278 e. The summed E-state index contributed by atoms with van der Waals surface area (Å²) in [5, 5.41) is 9.84. The molecule has 0 bridgehead atoms. The van der Waals surface area contributed by atoms with Gasteiger partial charge in [0, 0.05) is 17.0 Å². The molecule has 1 N–H and O–H groups in total. The largest absolute Gasteiger partial charge is 0.278 e. The summed E-state index contributed by atoms with van der Waals surface area (Å²) in [7, 11) is 0. The third-order valence-corrected chi connectivity index (χ3v) is 2.22. The van der Waals surface area contributed by atoms with E-state index in [1.807, 2.05) is 35.8 Å². The molecule has 0 aliphatic heterocycles. The number of thiazole rings is 1. The quantitative estimate of drug-likeness (QED) is 0.610. The molecule has 2 heterocycles. The predicted octanol–water partition coefficient (Wildman–Crippen LogP) is 2.71. The Morgan fingerprint density at radius 1 is 1.21 bits per heavy atom. The van der Waals surface area contributed by atoms with Crippen LogP contribution in [-0.4, -0.2) is 15.2 Å². The van der Waals surface area contributed by atoms with Gasteiger partial charge in [0.1, 0.15) is 0 Å². The van der Waals surface area contributed by atoms with Crippen molar-refractivity contribution in [2.45, 2.75) is 0 Å². The van der Waals surface area contributed by atoms with Gasteiger partial charge in [0.15, 0.2) is 0 Å². The van der Waals surface area contributed by atoms with Gasteiger partial charge in [-0.15, -0.1) is 11.3 Å². The summed E-state index contributed by atoms with van der Waals surface area (Å²) in [5.74, 6) is 0. The van der Waals surface area contributed by atoms with E-state index in [4.69, 9.17) is 0 Å². The lowest BCUT2D eigenvalue weighted by atomic mass is 10.3. The van der Waals surface area contributed by atoms with E-state index in [0.29, 0.717) is 0 Å². The molecule has 0 saturated heterocycles. The number of para-hydroxylation sites is 1. The molecule has 0 atom stereocenters. The van der Waals surface area contributed by atoms with Crippen LogP contribution in [0, 0.1) is 0 Å². The minimum atomic E-state index is 1.09. The number of fused-ring (bicyclic) bond motifs is 1. The molecule has 0 spiro atoms. The highest BCUT2D eigenvalue weighted by Crippen LogP contribution is 2.06. The number of aromatic nitrogens is 3. The van der Waals surface area contributed by atoms with E-state index in [2.05, 4.69) is 15.2 Å². The molecule has 3 aromatic rings. The van der Waals surface area contributed by atoms with Crippen LogP contribution >= 0.6 is 11.3 Å². The smallest absolute Gasteiger partial charge is 0.0791 e. The second-order valence-corrected chi connectivity index (χ2v) is 3.39. The molecular weight excluding hydrogens is 194 g/mol. The molecule has 0 aliphatic rings. The van der Waals surface area contributed by atoms with Crippen molar-refractivity contribution in [1.29, 1.82) is 0 Å². The van der Waals surface area contributed by atoms with Crippen LogP contribution in [0.5, 0.6) is 0 Å². The summed E-state index contributed by atoms with van der Waals surface area (Å²) in [6, 6.07) is 8.01. The van der Waals surface area contributed by atoms with Gasteiger partial charge in [-0.05, 0) is 6.07 Å². The number of hydrogen-bond acceptors (Lipinski definition) is 3. The molecule has 14 heavy (non-hydrogen) atoms. The number of nitrogens with one attached hydrogen (secondary N) is 1. The monoisotopic (exact) mass is 203 g/mol. The summed E-state index contributed by atoms with van der Waals surface area (Å²) >= 11 is 1.60. The van der Waals surface area contributed by atoms with Crippen molar-refractivity contribution in [3.8, 4) is 0 Å². The van der Waals surface area contributed by atoms with E-state index in [-0.39, 0.29) is 0 Å². The highest BCUT2D eigenvalue weighted by molar-refractivity contribution is 7.07. The third kappa shape index (κ3) is 2.17. The first-order chi connectivity index (χ1) is 6.97. The summed E-state index contributed by atoms with van der Waals surface area (Å²) in [4.78, 5) is 3.74. The SMILES string of the molecule is c1ccc2[nH]ncc2c1.c1cscn1. The van der Waals surface area contributed by atoms with Gasteiger partial charge in [0.2, 0.25) is 0 Å². The topological polar surface area (TPSA) is 41.6 Å². The Balaban J connectivity index is 0.000000128. The highest BCUT2D eigenvalue weighted by atomic mass is 32.1. The van der Waals surface area contributed by atoms with Crippen molar-refractivity contribution in [3.63, 3.8) is 0 Å². The van der Waals surface area contributed by atoms with Crippen LogP contribution < -0.4 is 0 Å². The van der Waals surface area contributed by atoms with E-state index in [1.165, 1.54) is 0 Å². The molecule has 3 nitrogen and oxygen atoms in total. The number of benzene rings is 1. The van der Waals surface area contributed by atoms with E-state index in [0.717, 1.165) is 10.9 Å². The van der Waals surface area contributed by atoms with E-state index in [9.17, 15) is 0 Å². The van der Waals surface area contributed by atoms with Crippen molar-refractivity contribution >= 4 is 22.2 Å². The zero-order valence-corrected chi connectivity index (χ0v) is 8.24. The molecule has 0 radical (unpaired) electrons. The lowest BCUT2D eigenvalue weighted by molar-refractivity contribution is 1.12. The lowest BCUT2D eigenvalue weighted by Crippen LogP contribution is -1.63. The first-order valence-corrected chi connectivity index (χ1v) is 5.11. The summed E-state index contributed by atoms with van der Waals surface area (Å²) in [6.45, 7) is 0. The van der Waals surface area contributed by atoms with Crippen LogP contribution in [0.15, 0.2) is 47.5 Å². The Hall–Kier alpha value is -1.68. The van der Waals surface area contributed by atoms with Crippen LogP contribution in [0.1, 0.15) is 0 Å². The first kappa shape index (κ1) is 8.90. The summed E-state index contributed by atoms with van der Waals surface area (Å²) in [6.07, 6.45) is 3.58. The van der Waals surface area contributed by atoms with E-state index in [1.54, 1.807) is 23.0 Å². The zero-order valence-electron chi connectivity index (χ0n) is 7.42. The van der Waals surface area contributed by atoms with Crippen molar-refractivity contribution in [3.05, 3.63) is 47.5 Å². The molecule has 0 amide bonds. The Bertz CT molecular complexity index is 425. The van der Waals surface area contributed by atoms with Crippen LogP contribution in [0.4, 0.5) is 0 Å².